The number of anilines is 1. The third kappa shape index (κ3) is 4.51. The normalized spacial score (nSPS) is 16.8. The summed E-state index contributed by atoms with van der Waals surface area (Å²) in [6.07, 6.45) is 1.85. The first kappa shape index (κ1) is 20.4. The fourth-order valence-corrected chi connectivity index (χ4v) is 5.60. The zero-order valence-corrected chi connectivity index (χ0v) is 20.1. The summed E-state index contributed by atoms with van der Waals surface area (Å²) in [6.45, 7) is 0. The lowest BCUT2D eigenvalue weighted by Gasteiger charge is -2.15. The molecule has 0 radical (unpaired) electrons. The van der Waals surface area contributed by atoms with Gasteiger partial charge in [0.2, 0.25) is 0 Å². The first-order chi connectivity index (χ1) is 14.0. The number of hydrogen-bond donors (Lipinski definition) is 1. The molecule has 1 N–H and O–H groups in total. The van der Waals surface area contributed by atoms with Gasteiger partial charge in [-0.25, -0.2) is 4.99 Å². The third-order valence-electron chi connectivity index (χ3n) is 4.14. The summed E-state index contributed by atoms with van der Waals surface area (Å²) in [5.41, 5.74) is 2.43. The van der Waals surface area contributed by atoms with Crippen molar-refractivity contribution in [1.82, 2.24) is 0 Å². The molecule has 144 valence electrons. The summed E-state index contributed by atoms with van der Waals surface area (Å²) >= 11 is 5.53. The SMILES string of the molecule is O=C1/C(=C\c2cc(I)c(O)c(I)c2)SC(=Nc2ccccc2)N1c1ccccc1. The molecule has 1 amide bonds. The Morgan fingerprint density at radius 3 is 2.14 bits per heavy atom. The lowest BCUT2D eigenvalue weighted by atomic mass is 10.2. The zero-order chi connectivity index (χ0) is 20.4. The number of halogens is 2. The monoisotopic (exact) mass is 624 g/mol. The fraction of sp³-hybridized carbons (Fsp3) is 0. The van der Waals surface area contributed by atoms with E-state index in [0.29, 0.717) is 10.1 Å². The van der Waals surface area contributed by atoms with Crippen molar-refractivity contribution >= 4 is 85.5 Å². The second kappa shape index (κ2) is 8.88. The number of aromatic hydroxyl groups is 1. The number of nitrogens with zero attached hydrogens (tertiary/aromatic N) is 2. The van der Waals surface area contributed by atoms with Gasteiger partial charge in [-0.3, -0.25) is 9.69 Å². The molecule has 7 heteroatoms. The number of carbonyl (C=O) groups excluding carboxylic acids is 1. The lowest BCUT2D eigenvalue weighted by molar-refractivity contribution is -0.113. The van der Waals surface area contributed by atoms with Crippen LogP contribution in [0.25, 0.3) is 6.08 Å². The Morgan fingerprint density at radius 2 is 1.52 bits per heavy atom. The number of phenolic OH excluding ortho intramolecular Hbond substituents is 1. The molecule has 1 saturated heterocycles. The number of amides is 1. The average Bonchev–Trinajstić information content (AvgIpc) is 3.02. The van der Waals surface area contributed by atoms with Crippen molar-refractivity contribution in [1.29, 1.82) is 0 Å². The number of hydrogen-bond acceptors (Lipinski definition) is 4. The van der Waals surface area contributed by atoms with E-state index in [0.717, 1.165) is 24.1 Å². The lowest BCUT2D eigenvalue weighted by Crippen LogP contribution is -2.28. The molecular weight excluding hydrogens is 610 g/mol. The maximum Gasteiger partial charge on any atom is 0.271 e. The van der Waals surface area contributed by atoms with Gasteiger partial charge >= 0.3 is 0 Å². The fourth-order valence-electron chi connectivity index (χ4n) is 2.79. The highest BCUT2D eigenvalue weighted by Crippen LogP contribution is 2.38. The van der Waals surface area contributed by atoms with Crippen LogP contribution in [0.1, 0.15) is 5.56 Å². The molecule has 0 aromatic heterocycles. The summed E-state index contributed by atoms with van der Waals surface area (Å²) in [6, 6.07) is 22.8. The highest BCUT2D eigenvalue weighted by atomic mass is 127. The van der Waals surface area contributed by atoms with E-state index in [-0.39, 0.29) is 11.7 Å². The summed E-state index contributed by atoms with van der Waals surface area (Å²) in [4.78, 5) is 20.2. The molecule has 1 aliphatic rings. The van der Waals surface area contributed by atoms with Crippen LogP contribution in [0.15, 0.2) is 82.7 Å². The molecule has 29 heavy (non-hydrogen) atoms. The molecule has 1 heterocycles. The van der Waals surface area contributed by atoms with Crippen LogP contribution >= 0.6 is 56.9 Å². The third-order valence-corrected chi connectivity index (χ3v) is 6.75. The minimum Gasteiger partial charge on any atom is -0.506 e. The summed E-state index contributed by atoms with van der Waals surface area (Å²) in [5.74, 6) is 0.143. The van der Waals surface area contributed by atoms with Crippen molar-refractivity contribution < 1.29 is 9.90 Å². The highest BCUT2D eigenvalue weighted by molar-refractivity contribution is 14.1. The van der Waals surface area contributed by atoms with E-state index in [1.807, 2.05) is 78.9 Å². The van der Waals surface area contributed by atoms with E-state index in [1.54, 1.807) is 4.90 Å². The Labute approximate surface area is 200 Å². The molecular formula is C22H14I2N2O2S. The molecule has 0 aliphatic carbocycles. The molecule has 0 atom stereocenters. The Kier molecular flexibility index (Phi) is 6.26. The van der Waals surface area contributed by atoms with Crippen molar-refractivity contribution in [2.75, 3.05) is 4.90 Å². The van der Waals surface area contributed by atoms with Crippen molar-refractivity contribution in [3.8, 4) is 5.75 Å². The Hall–Kier alpha value is -1.85. The van der Waals surface area contributed by atoms with Crippen LogP contribution < -0.4 is 4.90 Å². The molecule has 0 spiro atoms. The quantitative estimate of drug-likeness (QED) is 0.271. The van der Waals surface area contributed by atoms with Gasteiger partial charge in [0.1, 0.15) is 5.75 Å². The van der Waals surface area contributed by atoms with Gasteiger partial charge in [-0.05, 0) is 105 Å². The number of aliphatic imine (C=N–C) groups is 1. The predicted octanol–water partition coefficient (Wildman–Crippen LogP) is 6.41. The van der Waals surface area contributed by atoms with Crippen LogP contribution in [-0.2, 0) is 4.79 Å². The predicted molar refractivity (Wildman–Crippen MR) is 137 cm³/mol. The number of amidine groups is 1. The first-order valence-corrected chi connectivity index (χ1v) is 11.6. The summed E-state index contributed by atoms with van der Waals surface area (Å²) in [5, 5.41) is 10.6. The van der Waals surface area contributed by atoms with Crippen molar-refractivity contribution in [2.24, 2.45) is 4.99 Å². The second-order valence-electron chi connectivity index (χ2n) is 6.15. The summed E-state index contributed by atoms with van der Waals surface area (Å²) < 4.78 is 1.49. The number of rotatable bonds is 3. The van der Waals surface area contributed by atoms with Gasteiger partial charge in [-0.1, -0.05) is 36.4 Å². The molecule has 3 aromatic carbocycles. The van der Waals surface area contributed by atoms with E-state index in [4.69, 9.17) is 4.99 Å². The minimum atomic E-state index is -0.117. The van der Waals surface area contributed by atoms with Crippen LogP contribution in [0.2, 0.25) is 0 Å². The number of benzene rings is 3. The maximum absolute atomic E-state index is 13.3. The molecule has 0 unspecified atom stereocenters. The molecule has 4 rings (SSSR count). The van der Waals surface area contributed by atoms with E-state index in [9.17, 15) is 9.90 Å². The highest BCUT2D eigenvalue weighted by Gasteiger charge is 2.34. The smallest absolute Gasteiger partial charge is 0.271 e. The summed E-state index contributed by atoms with van der Waals surface area (Å²) in [7, 11) is 0. The molecule has 0 bridgehead atoms. The van der Waals surface area contributed by atoms with Crippen LogP contribution in [0.4, 0.5) is 11.4 Å². The molecule has 1 fully saturated rings. The minimum absolute atomic E-state index is 0.117. The van der Waals surface area contributed by atoms with Crippen molar-refractivity contribution in [2.45, 2.75) is 0 Å². The van der Waals surface area contributed by atoms with E-state index >= 15 is 0 Å². The standard InChI is InChI=1S/C22H14I2N2O2S/c23-17-11-14(12-18(24)20(17)27)13-19-21(28)26(16-9-5-2-6-10-16)22(29-19)25-15-7-3-1-4-8-15/h1-13,27H/b19-13+,25-22?. The average molecular weight is 624 g/mol. The molecule has 4 nitrogen and oxygen atoms in total. The maximum atomic E-state index is 13.3. The number of thioether (sulfide) groups is 1. The van der Waals surface area contributed by atoms with Crippen molar-refractivity contribution in [3.05, 3.63) is 90.4 Å². The molecule has 3 aromatic rings. The van der Waals surface area contributed by atoms with Gasteiger partial charge in [-0.15, -0.1) is 0 Å². The number of para-hydroxylation sites is 2. The van der Waals surface area contributed by atoms with Gasteiger partial charge in [0.25, 0.3) is 5.91 Å². The Morgan fingerprint density at radius 1 is 0.931 bits per heavy atom. The topological polar surface area (TPSA) is 52.9 Å². The van der Waals surface area contributed by atoms with Crippen LogP contribution in [-0.4, -0.2) is 16.2 Å². The number of phenols is 1. The van der Waals surface area contributed by atoms with Crippen LogP contribution in [0, 0.1) is 7.14 Å². The largest absolute Gasteiger partial charge is 0.506 e. The Bertz CT molecular complexity index is 1110. The molecule has 1 aliphatic heterocycles. The van der Waals surface area contributed by atoms with Crippen LogP contribution in [0.5, 0.6) is 5.75 Å². The Balaban J connectivity index is 1.78. The number of carbonyl (C=O) groups is 1. The van der Waals surface area contributed by atoms with Gasteiger partial charge < -0.3 is 5.11 Å². The van der Waals surface area contributed by atoms with Crippen LogP contribution in [0.3, 0.4) is 0 Å². The first-order valence-electron chi connectivity index (χ1n) is 8.64. The van der Waals surface area contributed by atoms with E-state index < -0.39 is 0 Å². The van der Waals surface area contributed by atoms with E-state index in [2.05, 4.69) is 45.2 Å². The van der Waals surface area contributed by atoms with Gasteiger partial charge in [0, 0.05) is 0 Å². The molecule has 0 saturated carbocycles. The van der Waals surface area contributed by atoms with Gasteiger partial charge in [-0.2, -0.15) is 0 Å². The van der Waals surface area contributed by atoms with Gasteiger partial charge in [0.05, 0.1) is 23.4 Å². The van der Waals surface area contributed by atoms with Gasteiger partial charge in [0.15, 0.2) is 5.17 Å². The zero-order valence-electron chi connectivity index (χ0n) is 14.9. The van der Waals surface area contributed by atoms with E-state index in [1.165, 1.54) is 11.8 Å². The second-order valence-corrected chi connectivity index (χ2v) is 9.48. The van der Waals surface area contributed by atoms with Crippen molar-refractivity contribution in [3.63, 3.8) is 0 Å².